The average Bonchev–Trinajstić information content (AvgIpc) is 3.29. The van der Waals surface area contributed by atoms with E-state index in [0.717, 1.165) is 18.9 Å². The molecule has 2 atom stereocenters. The molecule has 1 aliphatic carbocycles. The van der Waals surface area contributed by atoms with Crippen molar-refractivity contribution >= 4 is 40.1 Å². The molecule has 34 heavy (non-hydrogen) atoms. The maximum atomic E-state index is 15.3. The molecule has 2 aliphatic rings. The van der Waals surface area contributed by atoms with E-state index in [1.807, 2.05) is 0 Å². The number of hydrogen-bond acceptors (Lipinski definition) is 6. The maximum absolute atomic E-state index is 15.3. The van der Waals surface area contributed by atoms with Gasteiger partial charge in [-0.05, 0) is 32.3 Å². The second-order valence-corrected chi connectivity index (χ2v) is 9.10. The number of pyridine rings is 1. The summed E-state index contributed by atoms with van der Waals surface area (Å²) in [5.41, 5.74) is -0.691. The number of amides is 1. The highest BCUT2D eigenvalue weighted by Crippen LogP contribution is 2.42. The van der Waals surface area contributed by atoms with Gasteiger partial charge >= 0.3 is 5.97 Å². The van der Waals surface area contributed by atoms with Crippen LogP contribution in [-0.4, -0.2) is 55.4 Å². The number of aromatic nitrogens is 4. The summed E-state index contributed by atoms with van der Waals surface area (Å²) in [6, 6.07) is 0.308. The Labute approximate surface area is 197 Å². The predicted molar refractivity (Wildman–Crippen MR) is 122 cm³/mol. The zero-order valence-corrected chi connectivity index (χ0v) is 19.0. The molecule has 178 valence electrons. The molecule has 2 N–H and O–H groups in total. The molecule has 1 amide bonds. The van der Waals surface area contributed by atoms with Crippen molar-refractivity contribution in [1.82, 2.24) is 24.6 Å². The van der Waals surface area contributed by atoms with Crippen molar-refractivity contribution < 1.29 is 19.1 Å². The molecule has 2 fully saturated rings. The highest BCUT2D eigenvalue weighted by Gasteiger charge is 2.33. The number of nitrogens with zero attached hydrogens (tertiary/aromatic N) is 5. The van der Waals surface area contributed by atoms with Gasteiger partial charge in [0.1, 0.15) is 30.1 Å². The number of carbonyl (C=O) groups is 2. The molecule has 3 heterocycles. The predicted octanol–water partition coefficient (Wildman–Crippen LogP) is 2.37. The first kappa shape index (κ1) is 22.3. The molecule has 1 aromatic carbocycles. The van der Waals surface area contributed by atoms with Gasteiger partial charge in [0, 0.05) is 31.4 Å². The number of hydrogen-bond donors (Lipinski definition) is 2. The molecule has 2 unspecified atom stereocenters. The minimum Gasteiger partial charge on any atom is -0.477 e. The van der Waals surface area contributed by atoms with E-state index >= 15 is 4.39 Å². The fourth-order valence-corrected chi connectivity index (χ4v) is 4.86. The van der Waals surface area contributed by atoms with Crippen molar-refractivity contribution in [3.63, 3.8) is 0 Å². The smallest absolute Gasteiger partial charge is 0.341 e. The highest BCUT2D eigenvalue weighted by atomic mass is 35.5. The fraction of sp³-hybridized carbons (Fsp3) is 0.409. The quantitative estimate of drug-likeness (QED) is 0.546. The molecule has 0 radical (unpaired) electrons. The summed E-state index contributed by atoms with van der Waals surface area (Å²) in [4.78, 5) is 42.5. The number of nitrogens with one attached hydrogen (secondary N) is 1. The molecule has 0 spiro atoms. The summed E-state index contributed by atoms with van der Waals surface area (Å²) >= 11 is 6.68. The normalized spacial score (nSPS) is 18.9. The van der Waals surface area contributed by atoms with Crippen LogP contribution in [0.4, 0.5) is 10.1 Å². The van der Waals surface area contributed by atoms with Gasteiger partial charge in [-0.2, -0.15) is 5.10 Å². The molecular formula is C22H22ClFN6O4. The average molecular weight is 489 g/mol. The van der Waals surface area contributed by atoms with Gasteiger partial charge in [-0.25, -0.2) is 18.9 Å². The number of halogens is 2. The van der Waals surface area contributed by atoms with E-state index in [4.69, 9.17) is 11.6 Å². The second kappa shape index (κ2) is 8.39. The van der Waals surface area contributed by atoms with Crippen molar-refractivity contribution in [1.29, 1.82) is 0 Å². The topological polar surface area (TPSA) is 122 Å². The van der Waals surface area contributed by atoms with Gasteiger partial charge in [-0.3, -0.25) is 9.59 Å². The number of fused-ring (bicyclic) bond motifs is 1. The lowest BCUT2D eigenvalue weighted by molar-refractivity contribution is -0.124. The van der Waals surface area contributed by atoms with E-state index in [-0.39, 0.29) is 34.1 Å². The van der Waals surface area contributed by atoms with Gasteiger partial charge in [0.15, 0.2) is 0 Å². The van der Waals surface area contributed by atoms with Crippen molar-refractivity contribution in [2.24, 2.45) is 0 Å². The van der Waals surface area contributed by atoms with Crippen molar-refractivity contribution in [2.45, 2.75) is 44.3 Å². The Bertz CT molecular complexity index is 1350. The van der Waals surface area contributed by atoms with Gasteiger partial charge < -0.3 is 19.9 Å². The molecule has 2 aromatic heterocycles. The van der Waals surface area contributed by atoms with Gasteiger partial charge in [0.05, 0.1) is 21.6 Å². The third-order valence-corrected chi connectivity index (χ3v) is 6.78. The second-order valence-electron chi connectivity index (χ2n) is 8.72. The zero-order valence-electron chi connectivity index (χ0n) is 18.2. The molecule has 1 saturated heterocycles. The molecular weight excluding hydrogens is 467 g/mol. The van der Waals surface area contributed by atoms with Crippen molar-refractivity contribution in [3.8, 4) is 0 Å². The van der Waals surface area contributed by atoms with E-state index in [1.54, 1.807) is 16.4 Å². The van der Waals surface area contributed by atoms with Gasteiger partial charge in [0.2, 0.25) is 11.3 Å². The Hall–Kier alpha value is -3.47. The van der Waals surface area contributed by atoms with E-state index in [2.05, 4.69) is 15.4 Å². The highest BCUT2D eigenvalue weighted by molar-refractivity contribution is 6.38. The van der Waals surface area contributed by atoms with E-state index in [1.165, 1.54) is 23.5 Å². The standard InChI is InChI=1S/C22H22ClFN6O4/c1-11(30-10-25-9-26-30)21(32)27-12-4-5-28(7-12)19-16(24)6-14-18(17(19)23)29(13-2-3-13)8-15(20(14)31)22(33)34/h6,8-13H,2-5,7H2,1H3,(H,27,32)(H,33,34). The van der Waals surface area contributed by atoms with Crippen molar-refractivity contribution in [3.05, 3.63) is 51.5 Å². The summed E-state index contributed by atoms with van der Waals surface area (Å²) in [6.45, 7) is 2.49. The van der Waals surface area contributed by atoms with E-state index in [9.17, 15) is 19.5 Å². The van der Waals surface area contributed by atoms with Crippen LogP contribution in [0.15, 0.2) is 29.7 Å². The molecule has 5 rings (SSSR count). The number of anilines is 1. The Morgan fingerprint density at radius 1 is 1.32 bits per heavy atom. The summed E-state index contributed by atoms with van der Waals surface area (Å²) in [7, 11) is 0. The molecule has 10 nitrogen and oxygen atoms in total. The number of rotatable bonds is 6. The lowest BCUT2D eigenvalue weighted by Crippen LogP contribution is -2.40. The monoisotopic (exact) mass is 488 g/mol. The SMILES string of the molecule is CC(C(=O)NC1CCN(c2c(F)cc3c(=O)c(C(=O)O)cn(C4CC4)c3c2Cl)C1)n1cncn1. The van der Waals surface area contributed by atoms with Crippen LogP contribution in [0.25, 0.3) is 10.9 Å². The number of carboxylic acid groups (broad SMARTS) is 1. The first-order chi connectivity index (χ1) is 16.3. The molecule has 1 saturated carbocycles. The summed E-state index contributed by atoms with van der Waals surface area (Å²) in [5, 5.41) is 16.4. The van der Waals surface area contributed by atoms with Crippen LogP contribution in [-0.2, 0) is 4.79 Å². The van der Waals surface area contributed by atoms with Crippen LogP contribution in [0.1, 0.15) is 48.6 Å². The first-order valence-corrected chi connectivity index (χ1v) is 11.3. The van der Waals surface area contributed by atoms with Crippen LogP contribution in [0.3, 0.4) is 0 Å². The first-order valence-electron chi connectivity index (χ1n) is 11.0. The van der Waals surface area contributed by atoms with Gasteiger partial charge in [-0.15, -0.1) is 0 Å². The molecule has 12 heteroatoms. The minimum absolute atomic E-state index is 0.0147. The third kappa shape index (κ3) is 3.79. The molecule has 1 aliphatic heterocycles. The number of carbonyl (C=O) groups excluding carboxylic acids is 1. The van der Waals surface area contributed by atoms with E-state index in [0.29, 0.717) is 25.0 Å². The van der Waals surface area contributed by atoms with Crippen molar-refractivity contribution in [2.75, 3.05) is 18.0 Å². The van der Waals surface area contributed by atoms with Crippen LogP contribution in [0.5, 0.6) is 0 Å². The number of carboxylic acids is 1. The Morgan fingerprint density at radius 3 is 2.74 bits per heavy atom. The third-order valence-electron chi connectivity index (χ3n) is 6.42. The van der Waals surface area contributed by atoms with Crippen LogP contribution in [0, 0.1) is 5.82 Å². The molecule has 0 bridgehead atoms. The lowest BCUT2D eigenvalue weighted by Gasteiger charge is -2.24. The zero-order chi connectivity index (χ0) is 24.1. The lowest BCUT2D eigenvalue weighted by atomic mass is 10.1. The van der Waals surface area contributed by atoms with Gasteiger partial charge in [0.25, 0.3) is 0 Å². The van der Waals surface area contributed by atoms with Crippen LogP contribution in [0.2, 0.25) is 5.02 Å². The van der Waals surface area contributed by atoms with Gasteiger partial charge in [-0.1, -0.05) is 11.6 Å². The Morgan fingerprint density at radius 2 is 2.09 bits per heavy atom. The van der Waals surface area contributed by atoms with Crippen LogP contribution >= 0.6 is 11.6 Å². The Balaban J connectivity index is 1.46. The van der Waals surface area contributed by atoms with Crippen LogP contribution < -0.4 is 15.6 Å². The summed E-state index contributed by atoms with van der Waals surface area (Å²) in [5.74, 6) is -2.30. The summed E-state index contributed by atoms with van der Waals surface area (Å²) < 4.78 is 18.4. The summed E-state index contributed by atoms with van der Waals surface area (Å²) in [6.07, 6.45) is 6.34. The number of benzene rings is 1. The number of aromatic carboxylic acids is 1. The minimum atomic E-state index is -1.36. The molecule has 3 aromatic rings. The fourth-order valence-electron chi connectivity index (χ4n) is 4.45. The maximum Gasteiger partial charge on any atom is 0.341 e. The largest absolute Gasteiger partial charge is 0.477 e. The Kier molecular flexibility index (Phi) is 5.51. The van der Waals surface area contributed by atoms with E-state index < -0.39 is 28.8 Å².